The summed E-state index contributed by atoms with van der Waals surface area (Å²) in [5.41, 5.74) is 1.91. The summed E-state index contributed by atoms with van der Waals surface area (Å²) in [4.78, 5) is 17.5. The molecule has 6 heterocycles. The van der Waals surface area contributed by atoms with Gasteiger partial charge >= 0.3 is 6.01 Å². The molecule has 2 unspecified atom stereocenters. The Hall–Kier alpha value is -2.44. The molecule has 5 atom stereocenters. The number of phenolic OH excluding ortho intramolecular Hbond substituents is 1. The first-order valence-electron chi connectivity index (χ1n) is 16.5. The van der Waals surface area contributed by atoms with Gasteiger partial charge in [-0.15, -0.1) is 0 Å². The van der Waals surface area contributed by atoms with Crippen LogP contribution in [0.1, 0.15) is 62.6 Å². The number of fused-ring (bicyclic) bond motifs is 7. The van der Waals surface area contributed by atoms with Crippen LogP contribution in [-0.2, 0) is 13.0 Å². The Labute approximate surface area is 271 Å². The monoisotopic (exact) mass is 710 g/mol. The Balaban J connectivity index is 1.07. The number of alkyl halides is 1. The maximum absolute atomic E-state index is 16.0. The minimum atomic E-state index is -1.08. The van der Waals surface area contributed by atoms with E-state index in [-0.39, 0.29) is 17.3 Å². The molecule has 6 aliphatic rings. The minimum absolute atomic E-state index is 0.0402. The van der Waals surface area contributed by atoms with Gasteiger partial charge in [0.15, 0.2) is 0 Å². The fourth-order valence-corrected chi connectivity index (χ4v) is 10.5. The average molecular weight is 711 g/mol. The maximum atomic E-state index is 16.0. The first-order chi connectivity index (χ1) is 21.4. The number of piperazine rings is 1. The molecule has 1 aromatic heterocycles. The molecule has 9 rings (SSSR count). The lowest BCUT2D eigenvalue weighted by Gasteiger charge is -2.38. The second kappa shape index (κ2) is 10.3. The molecule has 2 aromatic carbocycles. The second-order valence-electron chi connectivity index (χ2n) is 14.2. The van der Waals surface area contributed by atoms with Crippen LogP contribution in [0.2, 0.25) is 0 Å². The van der Waals surface area contributed by atoms with Gasteiger partial charge in [-0.2, -0.15) is 9.97 Å². The van der Waals surface area contributed by atoms with Gasteiger partial charge in [0.2, 0.25) is 0 Å². The first kappa shape index (κ1) is 27.8. The smallest absolute Gasteiger partial charge is 0.318 e. The molecule has 5 aliphatic heterocycles. The molecule has 5 fully saturated rings. The van der Waals surface area contributed by atoms with Crippen LogP contribution in [0.5, 0.6) is 11.8 Å². The zero-order valence-electron chi connectivity index (χ0n) is 25.1. The topological polar surface area (TPSA) is 77.0 Å². The number of nitrogens with one attached hydrogen (secondary N) is 1. The van der Waals surface area contributed by atoms with Crippen LogP contribution in [0.15, 0.2) is 30.3 Å². The summed E-state index contributed by atoms with van der Waals surface area (Å²) in [5, 5.41) is 16.6. The van der Waals surface area contributed by atoms with Crippen molar-refractivity contribution in [1.29, 1.82) is 0 Å². The number of rotatable bonds is 5. The molecule has 232 valence electrons. The summed E-state index contributed by atoms with van der Waals surface area (Å²) < 4.78 is 23.8. The third-order valence-corrected chi connectivity index (χ3v) is 12.5. The number of nitrogens with zero attached hydrogens (tertiary/aromatic N) is 5. The summed E-state index contributed by atoms with van der Waals surface area (Å²) >= 11 is 2.40. The fraction of sp³-hybridized carbons (Fsp3) is 0.588. The molecule has 8 nitrogen and oxygen atoms in total. The van der Waals surface area contributed by atoms with Crippen molar-refractivity contribution >= 4 is 44.9 Å². The predicted octanol–water partition coefficient (Wildman–Crippen LogP) is 5.32. The van der Waals surface area contributed by atoms with Crippen LogP contribution in [0.3, 0.4) is 0 Å². The van der Waals surface area contributed by atoms with Gasteiger partial charge in [-0.05, 0) is 98.0 Å². The standard InChI is InChI=1S/C34H40FIN6O2/c35-34-11-2-6-29(34)42-12-3-10-33(42,19-34)20-44-32-38-27-18-40(28-15-24(43)14-21-4-1-5-26(36)30(21)28)13-9-25(27)31(39-32)41-16-22-7-8-23(17-41)37-22/h1,4-5,14-15,22-23,29,37,43H,2-3,6-13,16-20H2/t22?,23?,29-,33-,34+/m1/s1. The van der Waals surface area contributed by atoms with Crippen LogP contribution in [0.4, 0.5) is 15.9 Å². The number of hydrogen-bond acceptors (Lipinski definition) is 8. The predicted molar refractivity (Wildman–Crippen MR) is 178 cm³/mol. The summed E-state index contributed by atoms with van der Waals surface area (Å²) in [6.07, 6.45) is 8.52. The highest BCUT2D eigenvalue weighted by Gasteiger charge is 2.63. The number of aromatic nitrogens is 2. The van der Waals surface area contributed by atoms with Crippen molar-refractivity contribution < 1.29 is 14.2 Å². The van der Waals surface area contributed by atoms with Crippen LogP contribution in [0, 0.1) is 3.57 Å². The Bertz CT molecular complexity index is 1630. The molecule has 4 saturated heterocycles. The van der Waals surface area contributed by atoms with E-state index in [1.54, 1.807) is 0 Å². The molecular weight excluding hydrogens is 670 g/mol. The van der Waals surface area contributed by atoms with Crippen molar-refractivity contribution in [2.75, 3.05) is 42.6 Å². The number of benzene rings is 2. The molecule has 0 amide bonds. The van der Waals surface area contributed by atoms with Crippen LogP contribution >= 0.6 is 22.6 Å². The summed E-state index contributed by atoms with van der Waals surface area (Å²) in [5.74, 6) is 1.29. The van der Waals surface area contributed by atoms with Crippen LogP contribution in [0.25, 0.3) is 10.8 Å². The van der Waals surface area contributed by atoms with Crippen molar-refractivity contribution in [3.63, 3.8) is 0 Å². The molecule has 44 heavy (non-hydrogen) atoms. The minimum Gasteiger partial charge on any atom is -0.508 e. The van der Waals surface area contributed by atoms with Crippen molar-refractivity contribution in [3.8, 4) is 11.8 Å². The molecule has 0 spiro atoms. The summed E-state index contributed by atoms with van der Waals surface area (Å²) in [7, 11) is 0. The number of halogens is 2. The maximum Gasteiger partial charge on any atom is 0.318 e. The number of phenols is 1. The highest BCUT2D eigenvalue weighted by atomic mass is 127. The second-order valence-corrected chi connectivity index (χ2v) is 15.4. The zero-order chi connectivity index (χ0) is 29.6. The quantitative estimate of drug-likeness (QED) is 0.345. The molecule has 2 N–H and O–H groups in total. The van der Waals surface area contributed by atoms with Gasteiger partial charge in [-0.1, -0.05) is 12.1 Å². The lowest BCUT2D eigenvalue weighted by atomic mass is 9.88. The molecule has 2 bridgehead atoms. The third-order valence-electron chi connectivity index (χ3n) is 11.6. The van der Waals surface area contributed by atoms with E-state index in [0.29, 0.717) is 44.1 Å². The molecule has 0 radical (unpaired) electrons. The van der Waals surface area contributed by atoms with Crippen molar-refractivity contribution in [2.24, 2.45) is 0 Å². The van der Waals surface area contributed by atoms with E-state index in [4.69, 9.17) is 14.7 Å². The fourth-order valence-electron chi connectivity index (χ4n) is 9.73. The number of ether oxygens (including phenoxy) is 1. The Kier molecular flexibility index (Phi) is 6.51. The lowest BCUT2D eigenvalue weighted by Crippen LogP contribution is -2.52. The summed E-state index contributed by atoms with van der Waals surface area (Å²) in [6, 6.07) is 11.4. The van der Waals surface area contributed by atoms with Crippen molar-refractivity contribution in [2.45, 2.75) is 93.7 Å². The van der Waals surface area contributed by atoms with Gasteiger partial charge in [0.1, 0.15) is 23.8 Å². The first-order valence-corrected chi connectivity index (χ1v) is 17.6. The van der Waals surface area contributed by atoms with E-state index in [0.717, 1.165) is 89.8 Å². The SMILES string of the molecule is Oc1cc(N2CCc3c(nc(OC[C@]45CCCN4[C@@H]4CCC[C@]4(F)C5)nc3N3CC4CCC(C3)N4)C2)c2c(I)cccc2c1. The van der Waals surface area contributed by atoms with Crippen LogP contribution < -0.4 is 19.9 Å². The van der Waals surface area contributed by atoms with E-state index in [2.05, 4.69) is 54.7 Å². The van der Waals surface area contributed by atoms with Crippen LogP contribution in [-0.4, -0.2) is 82.1 Å². The van der Waals surface area contributed by atoms with Gasteiger partial charge in [0.25, 0.3) is 0 Å². The van der Waals surface area contributed by atoms with E-state index >= 15 is 4.39 Å². The average Bonchev–Trinajstić information content (AvgIpc) is 3.73. The van der Waals surface area contributed by atoms with Gasteiger partial charge in [0.05, 0.1) is 17.8 Å². The Morgan fingerprint density at radius 2 is 1.91 bits per heavy atom. The molecule has 10 heteroatoms. The third kappa shape index (κ3) is 4.40. The Morgan fingerprint density at radius 3 is 2.77 bits per heavy atom. The van der Waals surface area contributed by atoms with Gasteiger partial charge < -0.3 is 25.0 Å². The Morgan fingerprint density at radius 1 is 1.05 bits per heavy atom. The summed E-state index contributed by atoms with van der Waals surface area (Å²) in [6.45, 7) is 4.75. The van der Waals surface area contributed by atoms with E-state index in [1.807, 2.05) is 18.2 Å². The number of hydrogen-bond donors (Lipinski definition) is 2. The van der Waals surface area contributed by atoms with Gasteiger partial charge in [-0.25, -0.2) is 4.39 Å². The van der Waals surface area contributed by atoms with Crippen molar-refractivity contribution in [1.82, 2.24) is 20.2 Å². The molecule has 3 aromatic rings. The number of aromatic hydroxyl groups is 1. The van der Waals surface area contributed by atoms with Gasteiger partial charge in [-0.3, -0.25) is 4.90 Å². The van der Waals surface area contributed by atoms with E-state index < -0.39 is 5.67 Å². The lowest BCUT2D eigenvalue weighted by molar-refractivity contribution is 0.0808. The van der Waals surface area contributed by atoms with Gasteiger partial charge in [0, 0.05) is 70.5 Å². The van der Waals surface area contributed by atoms with E-state index in [9.17, 15) is 5.11 Å². The highest BCUT2D eigenvalue weighted by molar-refractivity contribution is 14.1. The highest BCUT2D eigenvalue weighted by Crippen LogP contribution is 2.55. The molecular formula is C34H40FIN6O2. The van der Waals surface area contributed by atoms with E-state index in [1.165, 1.54) is 18.4 Å². The number of anilines is 2. The normalized spacial score (nSPS) is 32.7. The molecule has 1 aliphatic carbocycles. The largest absolute Gasteiger partial charge is 0.508 e. The molecule has 1 saturated carbocycles. The zero-order valence-corrected chi connectivity index (χ0v) is 27.2. The van der Waals surface area contributed by atoms with Crippen molar-refractivity contribution in [3.05, 3.63) is 45.2 Å².